The standard InChI is InChI=1S/C17H33NO/c1-3-5-14-8-10-17(13-18,11-9-14)16(2,19)12-15-6-4-7-15/h14-15,19H,3-13,18H2,1-2H3. The zero-order valence-corrected chi connectivity index (χ0v) is 13.0. The molecule has 19 heavy (non-hydrogen) atoms. The van der Waals surface area contributed by atoms with Gasteiger partial charge in [-0.05, 0) is 50.9 Å². The van der Waals surface area contributed by atoms with Gasteiger partial charge in [-0.25, -0.2) is 0 Å². The van der Waals surface area contributed by atoms with Crippen LogP contribution in [-0.4, -0.2) is 17.3 Å². The molecule has 0 spiro atoms. The van der Waals surface area contributed by atoms with E-state index < -0.39 is 5.60 Å². The largest absolute Gasteiger partial charge is 0.390 e. The van der Waals surface area contributed by atoms with Gasteiger partial charge in [0.25, 0.3) is 0 Å². The average Bonchev–Trinajstić information content (AvgIpc) is 2.35. The first-order valence-electron chi connectivity index (χ1n) is 8.45. The maximum absolute atomic E-state index is 11.1. The molecule has 2 rings (SSSR count). The summed E-state index contributed by atoms with van der Waals surface area (Å²) in [7, 11) is 0. The van der Waals surface area contributed by atoms with Crippen molar-refractivity contribution in [1.82, 2.24) is 0 Å². The van der Waals surface area contributed by atoms with Crippen molar-refractivity contribution in [3.63, 3.8) is 0 Å². The maximum atomic E-state index is 11.1. The Morgan fingerprint density at radius 3 is 2.21 bits per heavy atom. The number of hydrogen-bond donors (Lipinski definition) is 2. The van der Waals surface area contributed by atoms with Crippen LogP contribution in [0.1, 0.15) is 78.1 Å². The second-order valence-electron chi connectivity index (χ2n) is 7.49. The Bertz CT molecular complexity index is 275. The van der Waals surface area contributed by atoms with Crippen LogP contribution in [0.2, 0.25) is 0 Å². The van der Waals surface area contributed by atoms with Gasteiger partial charge in [0.1, 0.15) is 0 Å². The number of rotatable bonds is 6. The maximum Gasteiger partial charge on any atom is 0.0690 e. The molecule has 112 valence electrons. The summed E-state index contributed by atoms with van der Waals surface area (Å²) in [5.41, 5.74) is 5.56. The first kappa shape index (κ1) is 15.3. The lowest BCUT2D eigenvalue weighted by Crippen LogP contribution is -2.53. The molecular formula is C17H33NO. The third-order valence-corrected chi connectivity index (χ3v) is 6.20. The van der Waals surface area contributed by atoms with Gasteiger partial charge in [-0.15, -0.1) is 0 Å². The molecular weight excluding hydrogens is 234 g/mol. The summed E-state index contributed by atoms with van der Waals surface area (Å²) in [5, 5.41) is 11.1. The average molecular weight is 267 g/mol. The highest BCUT2D eigenvalue weighted by atomic mass is 16.3. The molecule has 2 aliphatic carbocycles. The molecule has 0 radical (unpaired) electrons. The van der Waals surface area contributed by atoms with Crippen LogP contribution in [0, 0.1) is 17.3 Å². The second-order valence-corrected chi connectivity index (χ2v) is 7.49. The van der Waals surface area contributed by atoms with Gasteiger partial charge in [0, 0.05) is 12.0 Å². The van der Waals surface area contributed by atoms with Crippen LogP contribution in [0.15, 0.2) is 0 Å². The summed E-state index contributed by atoms with van der Waals surface area (Å²) in [4.78, 5) is 0. The first-order valence-corrected chi connectivity index (χ1v) is 8.45. The van der Waals surface area contributed by atoms with Gasteiger partial charge in [0.15, 0.2) is 0 Å². The molecule has 0 aromatic carbocycles. The van der Waals surface area contributed by atoms with Crippen LogP contribution in [0.4, 0.5) is 0 Å². The minimum Gasteiger partial charge on any atom is -0.390 e. The quantitative estimate of drug-likeness (QED) is 0.767. The molecule has 2 aliphatic rings. The van der Waals surface area contributed by atoms with Gasteiger partial charge < -0.3 is 10.8 Å². The Kier molecular flexibility index (Phi) is 4.94. The molecule has 1 unspecified atom stereocenters. The van der Waals surface area contributed by atoms with E-state index in [1.165, 1.54) is 44.9 Å². The van der Waals surface area contributed by atoms with E-state index in [0.29, 0.717) is 6.54 Å². The summed E-state index contributed by atoms with van der Waals surface area (Å²) in [5.74, 6) is 1.64. The van der Waals surface area contributed by atoms with E-state index in [-0.39, 0.29) is 5.41 Å². The zero-order chi connectivity index (χ0) is 13.9. The Labute approximate surface area is 119 Å². The molecule has 0 aromatic rings. The first-order chi connectivity index (χ1) is 9.03. The molecule has 0 aromatic heterocycles. The SMILES string of the molecule is CCCC1CCC(CN)(C(C)(O)CC2CCC2)CC1. The highest BCUT2D eigenvalue weighted by Gasteiger charge is 2.48. The summed E-state index contributed by atoms with van der Waals surface area (Å²) in [6.07, 6.45) is 12.4. The number of hydrogen-bond acceptors (Lipinski definition) is 2. The van der Waals surface area contributed by atoms with Gasteiger partial charge in [-0.2, -0.15) is 0 Å². The minimum atomic E-state index is -0.552. The zero-order valence-electron chi connectivity index (χ0n) is 13.0. The smallest absolute Gasteiger partial charge is 0.0690 e. The molecule has 0 saturated heterocycles. The van der Waals surface area contributed by atoms with Crippen LogP contribution >= 0.6 is 0 Å². The molecule has 3 N–H and O–H groups in total. The predicted molar refractivity (Wildman–Crippen MR) is 80.9 cm³/mol. The van der Waals surface area contributed by atoms with Crippen LogP contribution in [0.5, 0.6) is 0 Å². The molecule has 2 fully saturated rings. The lowest BCUT2D eigenvalue weighted by Gasteiger charge is -2.51. The van der Waals surface area contributed by atoms with E-state index in [2.05, 4.69) is 13.8 Å². The topological polar surface area (TPSA) is 46.2 Å². The van der Waals surface area contributed by atoms with Crippen molar-refractivity contribution in [2.45, 2.75) is 83.7 Å². The van der Waals surface area contributed by atoms with Gasteiger partial charge >= 0.3 is 0 Å². The number of aliphatic hydroxyl groups is 1. The summed E-state index contributed by atoms with van der Waals surface area (Å²) >= 11 is 0. The van der Waals surface area contributed by atoms with E-state index in [0.717, 1.165) is 31.1 Å². The fourth-order valence-corrected chi connectivity index (χ4v) is 4.37. The Morgan fingerprint density at radius 1 is 1.16 bits per heavy atom. The summed E-state index contributed by atoms with van der Waals surface area (Å²) < 4.78 is 0. The van der Waals surface area contributed by atoms with Crippen LogP contribution < -0.4 is 5.73 Å². The van der Waals surface area contributed by atoms with Crippen molar-refractivity contribution in [1.29, 1.82) is 0 Å². The molecule has 0 bridgehead atoms. The van der Waals surface area contributed by atoms with Crippen molar-refractivity contribution in [3.8, 4) is 0 Å². The predicted octanol–water partition coefficient (Wildman–Crippen LogP) is 3.86. The highest BCUT2D eigenvalue weighted by Crippen LogP contribution is 2.50. The second kappa shape index (κ2) is 6.13. The molecule has 2 nitrogen and oxygen atoms in total. The summed E-state index contributed by atoms with van der Waals surface area (Å²) in [6.45, 7) is 5.00. The monoisotopic (exact) mass is 267 g/mol. The van der Waals surface area contributed by atoms with Gasteiger partial charge in [-0.3, -0.25) is 0 Å². The van der Waals surface area contributed by atoms with Crippen LogP contribution in [-0.2, 0) is 0 Å². The van der Waals surface area contributed by atoms with Gasteiger partial charge in [-0.1, -0.05) is 39.0 Å². The van der Waals surface area contributed by atoms with Crippen molar-refractivity contribution in [3.05, 3.63) is 0 Å². The van der Waals surface area contributed by atoms with Crippen LogP contribution in [0.25, 0.3) is 0 Å². The highest BCUT2D eigenvalue weighted by molar-refractivity contribution is 5.01. The normalized spacial score (nSPS) is 35.7. The minimum absolute atomic E-state index is 0.00711. The summed E-state index contributed by atoms with van der Waals surface area (Å²) in [6, 6.07) is 0. The fraction of sp³-hybridized carbons (Fsp3) is 1.00. The third kappa shape index (κ3) is 3.16. The Morgan fingerprint density at radius 2 is 1.79 bits per heavy atom. The van der Waals surface area contributed by atoms with Crippen molar-refractivity contribution >= 4 is 0 Å². The third-order valence-electron chi connectivity index (χ3n) is 6.20. The molecule has 1 atom stereocenters. The number of nitrogens with two attached hydrogens (primary N) is 1. The van der Waals surface area contributed by atoms with Crippen molar-refractivity contribution < 1.29 is 5.11 Å². The van der Waals surface area contributed by atoms with Crippen LogP contribution in [0.3, 0.4) is 0 Å². The Hall–Kier alpha value is -0.0800. The van der Waals surface area contributed by atoms with Crippen molar-refractivity contribution in [2.24, 2.45) is 23.0 Å². The lowest BCUT2D eigenvalue weighted by atomic mass is 9.58. The van der Waals surface area contributed by atoms with Gasteiger partial charge in [0.05, 0.1) is 5.60 Å². The lowest BCUT2D eigenvalue weighted by molar-refractivity contribution is -0.111. The van der Waals surface area contributed by atoms with Gasteiger partial charge in [0.2, 0.25) is 0 Å². The molecule has 0 amide bonds. The molecule has 2 saturated carbocycles. The van der Waals surface area contributed by atoms with Crippen molar-refractivity contribution in [2.75, 3.05) is 6.54 Å². The van der Waals surface area contributed by atoms with E-state index in [9.17, 15) is 5.11 Å². The molecule has 2 heteroatoms. The fourth-order valence-electron chi connectivity index (χ4n) is 4.37. The van der Waals surface area contributed by atoms with E-state index in [1.54, 1.807) is 0 Å². The Balaban J connectivity index is 1.97. The van der Waals surface area contributed by atoms with E-state index >= 15 is 0 Å². The molecule has 0 heterocycles. The molecule has 0 aliphatic heterocycles. The van der Waals surface area contributed by atoms with E-state index in [1.807, 2.05) is 0 Å². The van der Waals surface area contributed by atoms with E-state index in [4.69, 9.17) is 5.73 Å².